The lowest BCUT2D eigenvalue weighted by atomic mass is 10.1. The van der Waals surface area contributed by atoms with E-state index < -0.39 is 12.5 Å². The highest BCUT2D eigenvalue weighted by Gasteiger charge is 2.08. The number of amides is 1. The van der Waals surface area contributed by atoms with Crippen LogP contribution >= 0.6 is 11.6 Å². The lowest BCUT2D eigenvalue weighted by Crippen LogP contribution is -2.19. The Morgan fingerprint density at radius 3 is 2.39 bits per heavy atom. The molecular weight excluding hydrogens is 426 g/mol. The van der Waals surface area contributed by atoms with Crippen molar-refractivity contribution < 1.29 is 23.0 Å². The third kappa shape index (κ3) is 6.79. The van der Waals surface area contributed by atoms with Crippen LogP contribution in [0.15, 0.2) is 77.9 Å². The van der Waals surface area contributed by atoms with Crippen LogP contribution in [0.2, 0.25) is 5.02 Å². The second kappa shape index (κ2) is 10.5. The minimum absolute atomic E-state index is 0.0183. The van der Waals surface area contributed by atoms with E-state index in [1.54, 1.807) is 67.6 Å². The predicted molar refractivity (Wildman–Crippen MR) is 115 cm³/mol. The van der Waals surface area contributed by atoms with Gasteiger partial charge in [0.15, 0.2) is 0 Å². The normalized spacial score (nSPS) is 11.3. The molecule has 0 unspecified atom stereocenters. The maximum absolute atomic E-state index is 12.4. The summed E-state index contributed by atoms with van der Waals surface area (Å²) in [5, 5.41) is 4.67. The SMILES string of the molecule is C/C(=N/NC(=O)c1ccc(COc2ccc(Cl)cc2)cc1)c1cccc(OC(F)F)c1. The second-order valence-corrected chi connectivity index (χ2v) is 6.92. The van der Waals surface area contributed by atoms with Gasteiger partial charge >= 0.3 is 6.61 Å². The Balaban J connectivity index is 1.57. The van der Waals surface area contributed by atoms with Gasteiger partial charge in [0.25, 0.3) is 5.91 Å². The van der Waals surface area contributed by atoms with E-state index in [0.29, 0.717) is 34.2 Å². The van der Waals surface area contributed by atoms with Gasteiger partial charge in [-0.05, 0) is 61.0 Å². The molecular formula is C23H19ClF2N2O3. The lowest BCUT2D eigenvalue weighted by molar-refractivity contribution is -0.0498. The Morgan fingerprint density at radius 2 is 1.71 bits per heavy atom. The van der Waals surface area contributed by atoms with Gasteiger partial charge in [0, 0.05) is 16.1 Å². The minimum atomic E-state index is -2.91. The largest absolute Gasteiger partial charge is 0.489 e. The third-order valence-corrected chi connectivity index (χ3v) is 4.49. The monoisotopic (exact) mass is 444 g/mol. The molecule has 1 N–H and O–H groups in total. The molecule has 0 aliphatic rings. The Kier molecular flexibility index (Phi) is 7.56. The molecule has 0 saturated carbocycles. The standard InChI is InChI=1S/C23H19ClF2N2O3/c1-15(18-3-2-4-21(13-18)31-23(25)26)27-28-22(29)17-7-5-16(6-8-17)14-30-20-11-9-19(24)10-12-20/h2-13,23H,14H2,1H3,(H,28,29)/b27-15-. The van der Waals surface area contributed by atoms with Crippen molar-refractivity contribution in [3.05, 3.63) is 94.5 Å². The molecule has 5 nitrogen and oxygen atoms in total. The van der Waals surface area contributed by atoms with Crippen molar-refractivity contribution in [2.24, 2.45) is 5.10 Å². The number of ether oxygens (including phenoxy) is 2. The lowest BCUT2D eigenvalue weighted by Gasteiger charge is -2.08. The smallest absolute Gasteiger partial charge is 0.387 e. The number of carbonyl (C=O) groups is 1. The molecule has 31 heavy (non-hydrogen) atoms. The first-order valence-corrected chi connectivity index (χ1v) is 9.66. The van der Waals surface area contributed by atoms with Crippen molar-refractivity contribution in [2.75, 3.05) is 0 Å². The highest BCUT2D eigenvalue weighted by Crippen LogP contribution is 2.18. The van der Waals surface area contributed by atoms with Gasteiger partial charge in [0.2, 0.25) is 0 Å². The summed E-state index contributed by atoms with van der Waals surface area (Å²) >= 11 is 5.85. The Hall–Kier alpha value is -3.45. The van der Waals surface area contributed by atoms with Crippen LogP contribution in [-0.2, 0) is 6.61 Å². The number of alkyl halides is 2. The van der Waals surface area contributed by atoms with Crippen molar-refractivity contribution in [1.29, 1.82) is 0 Å². The van der Waals surface area contributed by atoms with Crippen LogP contribution in [0.3, 0.4) is 0 Å². The summed E-state index contributed by atoms with van der Waals surface area (Å²) in [5.41, 5.74) is 4.76. The third-order valence-electron chi connectivity index (χ3n) is 4.24. The molecule has 0 heterocycles. The number of carbonyl (C=O) groups excluding carboxylic acids is 1. The van der Waals surface area contributed by atoms with Crippen molar-refractivity contribution in [3.63, 3.8) is 0 Å². The summed E-state index contributed by atoms with van der Waals surface area (Å²) in [6.45, 7) is -0.914. The molecule has 0 spiro atoms. The average Bonchev–Trinajstić information content (AvgIpc) is 2.77. The van der Waals surface area contributed by atoms with Crippen molar-refractivity contribution in [1.82, 2.24) is 5.43 Å². The molecule has 3 aromatic rings. The molecule has 8 heteroatoms. The van der Waals surface area contributed by atoms with E-state index in [2.05, 4.69) is 15.3 Å². The molecule has 3 aromatic carbocycles. The summed E-state index contributed by atoms with van der Waals surface area (Å²) in [5.74, 6) is 0.313. The van der Waals surface area contributed by atoms with Crippen LogP contribution < -0.4 is 14.9 Å². The number of benzene rings is 3. The number of halogens is 3. The van der Waals surface area contributed by atoms with E-state index in [4.69, 9.17) is 16.3 Å². The zero-order valence-electron chi connectivity index (χ0n) is 16.5. The molecule has 0 aliphatic heterocycles. The summed E-state index contributed by atoms with van der Waals surface area (Å²) in [7, 11) is 0. The Morgan fingerprint density at radius 1 is 1.00 bits per heavy atom. The average molecular weight is 445 g/mol. The topological polar surface area (TPSA) is 59.9 Å². The molecule has 0 fully saturated rings. The summed E-state index contributed by atoms with van der Waals surface area (Å²) in [6.07, 6.45) is 0. The predicted octanol–water partition coefficient (Wildman–Crippen LogP) is 5.67. The highest BCUT2D eigenvalue weighted by molar-refractivity contribution is 6.30. The van der Waals surface area contributed by atoms with Crippen LogP contribution in [0.25, 0.3) is 0 Å². The number of rotatable bonds is 8. The number of hydrogen-bond acceptors (Lipinski definition) is 4. The van der Waals surface area contributed by atoms with Gasteiger partial charge in [-0.2, -0.15) is 13.9 Å². The van der Waals surface area contributed by atoms with Crippen LogP contribution in [-0.4, -0.2) is 18.2 Å². The number of nitrogens with zero attached hydrogens (tertiary/aromatic N) is 1. The van der Waals surface area contributed by atoms with Gasteiger partial charge < -0.3 is 9.47 Å². The van der Waals surface area contributed by atoms with Crippen molar-refractivity contribution >= 4 is 23.2 Å². The Labute approximate surface area is 183 Å². The van der Waals surface area contributed by atoms with Gasteiger partial charge in [0.1, 0.15) is 18.1 Å². The van der Waals surface area contributed by atoms with E-state index in [1.807, 2.05) is 0 Å². The fourth-order valence-corrected chi connectivity index (χ4v) is 2.74. The maximum atomic E-state index is 12.4. The van der Waals surface area contributed by atoms with E-state index in [9.17, 15) is 13.6 Å². The summed E-state index contributed by atoms with van der Waals surface area (Å²) in [4.78, 5) is 12.3. The van der Waals surface area contributed by atoms with Gasteiger partial charge in [-0.25, -0.2) is 5.43 Å². The van der Waals surface area contributed by atoms with Gasteiger partial charge in [0.05, 0.1) is 5.71 Å². The van der Waals surface area contributed by atoms with Crippen molar-refractivity contribution in [3.8, 4) is 11.5 Å². The first-order valence-electron chi connectivity index (χ1n) is 9.28. The minimum Gasteiger partial charge on any atom is -0.489 e. The summed E-state index contributed by atoms with van der Waals surface area (Å²) in [6, 6.07) is 20.0. The first kappa shape index (κ1) is 22.2. The first-order chi connectivity index (χ1) is 14.9. The van der Waals surface area contributed by atoms with E-state index in [-0.39, 0.29) is 5.75 Å². The van der Waals surface area contributed by atoms with E-state index in [1.165, 1.54) is 12.1 Å². The van der Waals surface area contributed by atoms with Crippen molar-refractivity contribution in [2.45, 2.75) is 20.1 Å². The van der Waals surface area contributed by atoms with Gasteiger partial charge in [-0.15, -0.1) is 0 Å². The van der Waals surface area contributed by atoms with Crippen LogP contribution in [0.4, 0.5) is 8.78 Å². The highest BCUT2D eigenvalue weighted by atomic mass is 35.5. The van der Waals surface area contributed by atoms with Crippen LogP contribution in [0, 0.1) is 0 Å². The van der Waals surface area contributed by atoms with Gasteiger partial charge in [-0.3, -0.25) is 4.79 Å². The molecule has 0 saturated heterocycles. The van der Waals surface area contributed by atoms with Crippen LogP contribution in [0.1, 0.15) is 28.4 Å². The van der Waals surface area contributed by atoms with E-state index in [0.717, 1.165) is 5.56 Å². The zero-order valence-corrected chi connectivity index (χ0v) is 17.3. The second-order valence-electron chi connectivity index (χ2n) is 6.48. The van der Waals surface area contributed by atoms with E-state index >= 15 is 0 Å². The molecule has 1 amide bonds. The molecule has 0 atom stereocenters. The fourth-order valence-electron chi connectivity index (χ4n) is 2.61. The van der Waals surface area contributed by atoms with Gasteiger partial charge in [-0.1, -0.05) is 35.9 Å². The number of nitrogens with one attached hydrogen (secondary N) is 1. The van der Waals surface area contributed by atoms with Crippen LogP contribution in [0.5, 0.6) is 11.5 Å². The molecule has 160 valence electrons. The molecule has 3 rings (SSSR count). The number of hydrogen-bond donors (Lipinski definition) is 1. The summed E-state index contributed by atoms with van der Waals surface area (Å²) < 4.78 is 34.7. The molecule has 0 aliphatic carbocycles. The Bertz CT molecular complexity index is 1060. The quantitative estimate of drug-likeness (QED) is 0.359. The molecule has 0 aromatic heterocycles. The fraction of sp³-hybridized carbons (Fsp3) is 0.130. The maximum Gasteiger partial charge on any atom is 0.387 e. The molecule has 0 radical (unpaired) electrons. The number of hydrazone groups is 1. The molecule has 0 bridgehead atoms. The zero-order chi connectivity index (χ0) is 22.2.